The van der Waals surface area contributed by atoms with Gasteiger partial charge in [0.25, 0.3) is 0 Å². The van der Waals surface area contributed by atoms with E-state index in [0.29, 0.717) is 12.5 Å². The molecule has 3 aromatic rings. The number of hydrogen-bond acceptors (Lipinski definition) is 4. The van der Waals surface area contributed by atoms with Crippen molar-refractivity contribution in [3.63, 3.8) is 0 Å². The van der Waals surface area contributed by atoms with Crippen molar-refractivity contribution < 1.29 is 17.9 Å². The number of benzene rings is 2. The molecule has 0 unspecified atom stereocenters. The van der Waals surface area contributed by atoms with Gasteiger partial charge in [0.05, 0.1) is 6.54 Å². The number of hydrogen-bond donors (Lipinski definition) is 0. The maximum Gasteiger partial charge on any atom is 0.573 e. The largest absolute Gasteiger partial charge is 0.573 e. The van der Waals surface area contributed by atoms with Crippen LogP contribution >= 0.6 is 11.8 Å². The molecule has 1 heterocycles. The molecule has 1 saturated carbocycles. The molecule has 0 spiro atoms. The summed E-state index contributed by atoms with van der Waals surface area (Å²) in [4.78, 5) is 0. The van der Waals surface area contributed by atoms with E-state index >= 15 is 0 Å². The van der Waals surface area contributed by atoms with E-state index in [9.17, 15) is 13.2 Å². The second-order valence-electron chi connectivity index (χ2n) is 7.06. The lowest BCUT2D eigenvalue weighted by molar-refractivity contribution is -0.274. The van der Waals surface area contributed by atoms with Crippen LogP contribution in [-0.2, 0) is 6.54 Å². The lowest BCUT2D eigenvalue weighted by Gasteiger charge is -2.15. The van der Waals surface area contributed by atoms with Gasteiger partial charge in [-0.3, -0.25) is 0 Å². The molecule has 2 aromatic carbocycles. The van der Waals surface area contributed by atoms with E-state index in [4.69, 9.17) is 0 Å². The monoisotopic (exact) mass is 419 g/mol. The van der Waals surface area contributed by atoms with Gasteiger partial charge in [-0.25, -0.2) is 0 Å². The molecule has 4 nitrogen and oxygen atoms in total. The van der Waals surface area contributed by atoms with Gasteiger partial charge in [0.15, 0.2) is 5.16 Å². The predicted octanol–water partition coefficient (Wildman–Crippen LogP) is 5.96. The van der Waals surface area contributed by atoms with Gasteiger partial charge >= 0.3 is 6.36 Å². The van der Waals surface area contributed by atoms with Crippen LogP contribution in [0.4, 0.5) is 13.2 Å². The lowest BCUT2D eigenvalue weighted by atomic mass is 10.2. The molecule has 29 heavy (non-hydrogen) atoms. The molecule has 1 atom stereocenters. The zero-order valence-corrected chi connectivity index (χ0v) is 16.6. The fraction of sp³-hybridized carbons (Fsp3) is 0.333. The minimum Gasteiger partial charge on any atom is -0.406 e. The van der Waals surface area contributed by atoms with Gasteiger partial charge in [-0.15, -0.1) is 23.4 Å². The van der Waals surface area contributed by atoms with E-state index in [2.05, 4.69) is 31.6 Å². The molecule has 4 rings (SSSR count). The average Bonchev–Trinajstić information content (AvgIpc) is 3.45. The first-order chi connectivity index (χ1) is 13.9. The number of rotatable bonds is 7. The molecule has 0 N–H and O–H groups in total. The fourth-order valence-electron chi connectivity index (χ4n) is 3.11. The summed E-state index contributed by atoms with van der Waals surface area (Å²) in [6.45, 7) is 2.70. The van der Waals surface area contributed by atoms with Crippen molar-refractivity contribution in [3.8, 4) is 5.75 Å². The standard InChI is InChI=1S/C21H20F3N3OS/c1-14(16-9-11-18(12-10-16)28-21(22,23)24)29-20-26-25-19(17-7-8-17)27(20)13-15-5-3-2-4-6-15/h2-6,9-12,14,17H,7-8,13H2,1H3/t14-/m0/s1. The molecule has 0 bridgehead atoms. The minimum atomic E-state index is -4.69. The van der Waals surface area contributed by atoms with E-state index in [1.54, 1.807) is 23.9 Å². The second-order valence-corrected chi connectivity index (χ2v) is 8.37. The van der Waals surface area contributed by atoms with Crippen molar-refractivity contribution in [1.82, 2.24) is 14.8 Å². The van der Waals surface area contributed by atoms with Gasteiger partial charge in [-0.05, 0) is 43.0 Å². The van der Waals surface area contributed by atoms with Crippen LogP contribution in [0.3, 0.4) is 0 Å². The predicted molar refractivity (Wildman–Crippen MR) is 105 cm³/mol. The smallest absolute Gasteiger partial charge is 0.406 e. The quantitative estimate of drug-likeness (QED) is 0.443. The van der Waals surface area contributed by atoms with Gasteiger partial charge in [0.1, 0.15) is 11.6 Å². The summed E-state index contributed by atoms with van der Waals surface area (Å²) in [7, 11) is 0. The van der Waals surface area contributed by atoms with Crippen molar-refractivity contribution in [1.29, 1.82) is 0 Å². The SMILES string of the molecule is C[C@H](Sc1nnc(C2CC2)n1Cc1ccccc1)c1ccc(OC(F)(F)F)cc1. The Kier molecular flexibility index (Phi) is 5.54. The van der Waals surface area contributed by atoms with E-state index in [0.717, 1.165) is 29.4 Å². The van der Waals surface area contributed by atoms with Crippen LogP contribution in [0.25, 0.3) is 0 Å². The highest BCUT2D eigenvalue weighted by molar-refractivity contribution is 7.99. The first-order valence-electron chi connectivity index (χ1n) is 9.38. The summed E-state index contributed by atoms with van der Waals surface area (Å²) >= 11 is 1.55. The van der Waals surface area contributed by atoms with Crippen molar-refractivity contribution in [2.45, 2.75) is 49.0 Å². The lowest BCUT2D eigenvalue weighted by Crippen LogP contribution is -2.17. The molecular weight excluding hydrogens is 399 g/mol. The second kappa shape index (κ2) is 8.10. The molecule has 0 aliphatic heterocycles. The molecule has 152 valence electrons. The van der Waals surface area contributed by atoms with E-state index in [1.165, 1.54) is 17.7 Å². The highest BCUT2D eigenvalue weighted by Crippen LogP contribution is 2.42. The Morgan fingerprint density at radius 2 is 1.76 bits per heavy atom. The van der Waals surface area contributed by atoms with Gasteiger partial charge in [-0.2, -0.15) is 0 Å². The van der Waals surface area contributed by atoms with Gasteiger partial charge < -0.3 is 9.30 Å². The Labute approximate surface area is 171 Å². The van der Waals surface area contributed by atoms with E-state index in [-0.39, 0.29) is 11.0 Å². The van der Waals surface area contributed by atoms with Crippen LogP contribution in [0.1, 0.15) is 47.9 Å². The number of alkyl halides is 3. The van der Waals surface area contributed by atoms with Crippen molar-refractivity contribution in [3.05, 3.63) is 71.5 Å². The summed E-state index contributed by atoms with van der Waals surface area (Å²) in [5, 5.41) is 9.65. The van der Waals surface area contributed by atoms with Crippen molar-refractivity contribution in [2.75, 3.05) is 0 Å². The summed E-state index contributed by atoms with van der Waals surface area (Å²) in [5.74, 6) is 1.26. The fourth-order valence-corrected chi connectivity index (χ4v) is 4.09. The van der Waals surface area contributed by atoms with Gasteiger partial charge in [0, 0.05) is 11.2 Å². The zero-order chi connectivity index (χ0) is 20.4. The molecule has 0 saturated heterocycles. The Balaban J connectivity index is 1.51. The third-order valence-electron chi connectivity index (χ3n) is 4.74. The minimum absolute atomic E-state index is 0.000660. The summed E-state index contributed by atoms with van der Waals surface area (Å²) in [5.41, 5.74) is 2.07. The highest BCUT2D eigenvalue weighted by atomic mass is 32.2. The number of ether oxygens (including phenoxy) is 1. The van der Waals surface area contributed by atoms with Crippen LogP contribution in [0.2, 0.25) is 0 Å². The Morgan fingerprint density at radius 1 is 1.07 bits per heavy atom. The molecule has 1 aliphatic carbocycles. The van der Waals surface area contributed by atoms with E-state index < -0.39 is 6.36 Å². The molecular formula is C21H20F3N3OS. The first kappa shape index (κ1) is 19.8. The van der Waals surface area contributed by atoms with Crippen LogP contribution in [0.15, 0.2) is 59.8 Å². The van der Waals surface area contributed by atoms with Crippen LogP contribution in [0, 0.1) is 0 Å². The topological polar surface area (TPSA) is 39.9 Å². The molecule has 0 radical (unpaired) electrons. The number of halogens is 3. The van der Waals surface area contributed by atoms with Crippen molar-refractivity contribution >= 4 is 11.8 Å². The maximum absolute atomic E-state index is 12.3. The molecule has 1 aliphatic rings. The van der Waals surface area contributed by atoms with Crippen LogP contribution in [0.5, 0.6) is 5.75 Å². The molecule has 8 heteroatoms. The van der Waals surface area contributed by atoms with Crippen LogP contribution in [-0.4, -0.2) is 21.1 Å². The Bertz CT molecular complexity index is 954. The normalized spacial score (nSPS) is 15.3. The average molecular weight is 419 g/mol. The first-order valence-corrected chi connectivity index (χ1v) is 10.3. The Morgan fingerprint density at radius 3 is 2.38 bits per heavy atom. The summed E-state index contributed by atoms with van der Waals surface area (Å²) in [6.07, 6.45) is -2.42. The molecule has 1 fully saturated rings. The number of nitrogens with zero attached hydrogens (tertiary/aromatic N) is 3. The highest BCUT2D eigenvalue weighted by Gasteiger charge is 2.32. The molecule has 1 aromatic heterocycles. The number of aromatic nitrogens is 3. The van der Waals surface area contributed by atoms with Gasteiger partial charge in [0.2, 0.25) is 0 Å². The summed E-state index contributed by atoms with van der Waals surface area (Å²) in [6, 6.07) is 16.1. The van der Waals surface area contributed by atoms with Crippen LogP contribution < -0.4 is 4.74 Å². The summed E-state index contributed by atoms with van der Waals surface area (Å²) < 4.78 is 43.1. The number of thioether (sulfide) groups is 1. The van der Waals surface area contributed by atoms with E-state index in [1.807, 2.05) is 25.1 Å². The van der Waals surface area contributed by atoms with Crippen molar-refractivity contribution in [2.24, 2.45) is 0 Å². The molecule has 0 amide bonds. The Hall–Kier alpha value is -2.48. The van der Waals surface area contributed by atoms with Gasteiger partial charge in [-0.1, -0.05) is 54.2 Å². The third kappa shape index (κ3) is 5.12. The zero-order valence-electron chi connectivity index (χ0n) is 15.8. The third-order valence-corrected chi connectivity index (χ3v) is 5.88. The maximum atomic E-state index is 12.3.